The maximum atomic E-state index is 6.60. The lowest BCUT2D eigenvalue weighted by Gasteiger charge is -2.34. The first-order valence-electron chi connectivity index (χ1n) is 6.84. The van der Waals surface area contributed by atoms with Crippen molar-refractivity contribution in [3.8, 4) is 0 Å². The fourth-order valence-electron chi connectivity index (χ4n) is 3.09. The second-order valence-electron chi connectivity index (χ2n) is 5.55. The molecule has 0 aliphatic heterocycles. The van der Waals surface area contributed by atoms with E-state index in [1.807, 2.05) is 6.20 Å². The van der Waals surface area contributed by atoms with Crippen LogP contribution in [-0.4, -0.2) is 4.98 Å². The molecule has 18 heavy (non-hydrogen) atoms. The number of fused-ring (bicyclic) bond motifs is 1. The van der Waals surface area contributed by atoms with Crippen molar-refractivity contribution >= 4 is 10.8 Å². The summed E-state index contributed by atoms with van der Waals surface area (Å²) in [6.45, 7) is 2.07. The monoisotopic (exact) mass is 240 g/mol. The number of pyridine rings is 1. The second-order valence-corrected chi connectivity index (χ2v) is 5.55. The Hall–Kier alpha value is -1.41. The number of aromatic nitrogens is 1. The minimum absolute atomic E-state index is 0.116. The molecular formula is C16H20N2. The zero-order chi connectivity index (χ0) is 12.6. The van der Waals surface area contributed by atoms with Crippen molar-refractivity contribution in [2.45, 2.75) is 44.6 Å². The van der Waals surface area contributed by atoms with E-state index < -0.39 is 0 Å². The third-order valence-electron chi connectivity index (χ3n) is 4.29. The molecule has 2 heteroatoms. The largest absolute Gasteiger partial charge is 0.321 e. The lowest BCUT2D eigenvalue weighted by Crippen LogP contribution is -2.38. The van der Waals surface area contributed by atoms with Gasteiger partial charge in [-0.1, -0.05) is 31.4 Å². The molecule has 2 N–H and O–H groups in total. The van der Waals surface area contributed by atoms with Crippen molar-refractivity contribution in [3.05, 3.63) is 41.7 Å². The number of nitrogens with two attached hydrogens (primary N) is 1. The second kappa shape index (κ2) is 4.36. The fourth-order valence-corrected chi connectivity index (χ4v) is 3.09. The highest BCUT2D eigenvalue weighted by atomic mass is 14.7. The van der Waals surface area contributed by atoms with Gasteiger partial charge >= 0.3 is 0 Å². The van der Waals surface area contributed by atoms with E-state index in [9.17, 15) is 0 Å². The molecule has 0 bridgehead atoms. The van der Waals surface area contributed by atoms with Gasteiger partial charge in [-0.05, 0) is 42.8 Å². The zero-order valence-electron chi connectivity index (χ0n) is 10.9. The summed E-state index contributed by atoms with van der Waals surface area (Å²) in [5.41, 5.74) is 8.86. The molecule has 0 amide bonds. The Morgan fingerprint density at radius 2 is 1.89 bits per heavy atom. The summed E-state index contributed by atoms with van der Waals surface area (Å²) in [6, 6.07) is 8.70. The molecule has 0 atom stereocenters. The molecular weight excluding hydrogens is 220 g/mol. The summed E-state index contributed by atoms with van der Waals surface area (Å²) >= 11 is 0. The maximum absolute atomic E-state index is 6.60. The van der Waals surface area contributed by atoms with Gasteiger partial charge in [-0.2, -0.15) is 0 Å². The van der Waals surface area contributed by atoms with E-state index >= 15 is 0 Å². The van der Waals surface area contributed by atoms with Crippen LogP contribution in [0.2, 0.25) is 0 Å². The minimum Gasteiger partial charge on any atom is -0.321 e. The third kappa shape index (κ3) is 1.91. The third-order valence-corrected chi connectivity index (χ3v) is 4.29. The molecule has 1 saturated carbocycles. The lowest BCUT2D eigenvalue weighted by molar-refractivity contribution is 0.302. The maximum Gasteiger partial charge on any atom is 0.0451 e. The number of hydrogen-bond donors (Lipinski definition) is 1. The number of aryl methyl sites for hydroxylation is 1. The van der Waals surface area contributed by atoms with Gasteiger partial charge in [0.25, 0.3) is 0 Å². The van der Waals surface area contributed by atoms with E-state index in [2.05, 4.69) is 36.2 Å². The quantitative estimate of drug-likeness (QED) is 0.826. The Morgan fingerprint density at radius 3 is 2.67 bits per heavy atom. The minimum atomic E-state index is -0.116. The van der Waals surface area contributed by atoms with Gasteiger partial charge in [0.15, 0.2) is 0 Å². The van der Waals surface area contributed by atoms with Gasteiger partial charge < -0.3 is 5.73 Å². The van der Waals surface area contributed by atoms with Crippen LogP contribution >= 0.6 is 0 Å². The van der Waals surface area contributed by atoms with Gasteiger partial charge in [-0.15, -0.1) is 0 Å². The molecule has 2 nitrogen and oxygen atoms in total. The summed E-state index contributed by atoms with van der Waals surface area (Å²) in [5.74, 6) is 0. The number of benzene rings is 1. The van der Waals surface area contributed by atoms with Gasteiger partial charge in [0.05, 0.1) is 0 Å². The smallest absolute Gasteiger partial charge is 0.0451 e. The molecule has 3 rings (SSSR count). The summed E-state index contributed by atoms with van der Waals surface area (Å²) in [5, 5.41) is 2.50. The highest BCUT2D eigenvalue weighted by Gasteiger charge is 2.29. The SMILES string of the molecule is Cc1nccc2ccc(C3(N)CCCCC3)cc12. The normalized spacial score (nSPS) is 19.0. The molecule has 1 aromatic carbocycles. The Morgan fingerprint density at radius 1 is 1.11 bits per heavy atom. The molecule has 94 valence electrons. The van der Waals surface area contributed by atoms with Crippen LogP contribution in [0.25, 0.3) is 10.8 Å². The first kappa shape index (κ1) is 11.7. The average Bonchev–Trinajstić information content (AvgIpc) is 2.40. The zero-order valence-corrected chi connectivity index (χ0v) is 10.9. The Bertz CT molecular complexity index is 568. The standard InChI is InChI=1S/C16H20N2/c1-12-15-11-14(6-5-13(15)7-10-18-12)16(17)8-3-2-4-9-16/h5-7,10-11H,2-4,8-9,17H2,1H3. The van der Waals surface area contributed by atoms with E-state index in [0.29, 0.717) is 0 Å². The van der Waals surface area contributed by atoms with Gasteiger partial charge in [-0.3, -0.25) is 4.98 Å². The predicted octanol–water partition coefficient (Wildman–Crippen LogP) is 3.66. The topological polar surface area (TPSA) is 38.9 Å². The van der Waals surface area contributed by atoms with Crippen LogP contribution in [0.15, 0.2) is 30.5 Å². The molecule has 1 fully saturated rings. The highest BCUT2D eigenvalue weighted by molar-refractivity contribution is 5.85. The number of nitrogens with zero attached hydrogens (tertiary/aromatic N) is 1. The molecule has 1 aromatic heterocycles. The molecule has 0 spiro atoms. The van der Waals surface area contributed by atoms with Crippen molar-refractivity contribution in [1.29, 1.82) is 0 Å². The van der Waals surface area contributed by atoms with Crippen molar-refractivity contribution < 1.29 is 0 Å². The Kier molecular flexibility index (Phi) is 2.83. The van der Waals surface area contributed by atoms with Crippen LogP contribution in [-0.2, 0) is 5.54 Å². The number of rotatable bonds is 1. The first-order chi connectivity index (χ1) is 8.69. The highest BCUT2D eigenvalue weighted by Crippen LogP contribution is 2.36. The summed E-state index contributed by atoms with van der Waals surface area (Å²) < 4.78 is 0. The van der Waals surface area contributed by atoms with Gasteiger partial charge in [0, 0.05) is 22.8 Å². The molecule has 1 heterocycles. The van der Waals surface area contributed by atoms with E-state index in [0.717, 1.165) is 18.5 Å². The average molecular weight is 240 g/mol. The summed E-state index contributed by atoms with van der Waals surface area (Å²) in [6.07, 6.45) is 7.92. The van der Waals surface area contributed by atoms with E-state index in [1.54, 1.807) is 0 Å². The molecule has 2 aromatic rings. The van der Waals surface area contributed by atoms with Crippen molar-refractivity contribution in [2.75, 3.05) is 0 Å². The van der Waals surface area contributed by atoms with Crippen molar-refractivity contribution in [2.24, 2.45) is 5.73 Å². The molecule has 1 aliphatic rings. The van der Waals surface area contributed by atoms with E-state index in [4.69, 9.17) is 5.73 Å². The van der Waals surface area contributed by atoms with E-state index in [-0.39, 0.29) is 5.54 Å². The van der Waals surface area contributed by atoms with Gasteiger partial charge in [0.2, 0.25) is 0 Å². The molecule has 0 unspecified atom stereocenters. The summed E-state index contributed by atoms with van der Waals surface area (Å²) in [4.78, 5) is 4.38. The van der Waals surface area contributed by atoms with Crippen LogP contribution in [0, 0.1) is 6.92 Å². The fraction of sp³-hybridized carbons (Fsp3) is 0.438. The van der Waals surface area contributed by atoms with Crippen LogP contribution in [0.3, 0.4) is 0 Å². The molecule has 0 radical (unpaired) electrons. The van der Waals surface area contributed by atoms with E-state index in [1.165, 1.54) is 35.6 Å². The van der Waals surface area contributed by atoms with Gasteiger partial charge in [0.1, 0.15) is 0 Å². The van der Waals surface area contributed by atoms with Crippen molar-refractivity contribution in [1.82, 2.24) is 4.98 Å². The van der Waals surface area contributed by atoms with Crippen molar-refractivity contribution in [3.63, 3.8) is 0 Å². The summed E-state index contributed by atoms with van der Waals surface area (Å²) in [7, 11) is 0. The van der Waals surface area contributed by atoms with Crippen LogP contribution in [0.4, 0.5) is 0 Å². The predicted molar refractivity (Wildman–Crippen MR) is 75.4 cm³/mol. The van der Waals surface area contributed by atoms with Gasteiger partial charge in [-0.25, -0.2) is 0 Å². The number of hydrogen-bond acceptors (Lipinski definition) is 2. The molecule has 1 aliphatic carbocycles. The van der Waals surface area contributed by atoms with Crippen LogP contribution < -0.4 is 5.73 Å². The first-order valence-corrected chi connectivity index (χ1v) is 6.84. The van der Waals surface area contributed by atoms with Crippen LogP contribution in [0.5, 0.6) is 0 Å². The Balaban J connectivity index is 2.10. The molecule has 0 saturated heterocycles. The van der Waals surface area contributed by atoms with Crippen LogP contribution in [0.1, 0.15) is 43.4 Å². The lowest BCUT2D eigenvalue weighted by atomic mass is 9.77. The Labute approximate surface area is 108 Å².